The Morgan fingerprint density at radius 2 is 1.92 bits per heavy atom. The van der Waals surface area contributed by atoms with Gasteiger partial charge in [0.15, 0.2) is 0 Å². The average molecular weight is 339 g/mol. The summed E-state index contributed by atoms with van der Waals surface area (Å²) in [6, 6.07) is 14.5. The van der Waals surface area contributed by atoms with Crippen molar-refractivity contribution >= 4 is 17.6 Å². The molecular weight excluding hydrogens is 318 g/mol. The van der Waals surface area contributed by atoms with Crippen molar-refractivity contribution in [2.45, 2.75) is 19.8 Å². The van der Waals surface area contributed by atoms with Crippen molar-refractivity contribution in [1.29, 1.82) is 0 Å². The van der Waals surface area contributed by atoms with Crippen molar-refractivity contribution in [3.63, 3.8) is 0 Å². The lowest BCUT2D eigenvalue weighted by Crippen LogP contribution is -2.32. The van der Waals surface area contributed by atoms with Crippen LogP contribution in [0.25, 0.3) is 0 Å². The molecule has 1 unspecified atom stereocenters. The number of amides is 1. The smallest absolute Gasteiger partial charge is 0.338 e. The quantitative estimate of drug-likeness (QED) is 0.848. The first-order chi connectivity index (χ1) is 12.2. The molecule has 0 bridgehead atoms. The lowest BCUT2D eigenvalue weighted by molar-refractivity contribution is -0.121. The van der Waals surface area contributed by atoms with E-state index in [1.54, 1.807) is 24.3 Å². The van der Waals surface area contributed by atoms with E-state index in [1.807, 2.05) is 31.2 Å². The van der Waals surface area contributed by atoms with E-state index in [2.05, 4.69) is 5.32 Å². The highest BCUT2D eigenvalue weighted by atomic mass is 16.5. The van der Waals surface area contributed by atoms with E-state index in [0.717, 1.165) is 17.7 Å². The van der Waals surface area contributed by atoms with Gasteiger partial charge in [-0.2, -0.15) is 0 Å². The van der Waals surface area contributed by atoms with Crippen LogP contribution in [0.5, 0.6) is 5.75 Å². The minimum absolute atomic E-state index is 0.0872. The third-order valence-electron chi connectivity index (χ3n) is 4.08. The number of para-hydroxylation sites is 1. The van der Waals surface area contributed by atoms with Crippen LogP contribution in [0.3, 0.4) is 0 Å². The van der Waals surface area contributed by atoms with Gasteiger partial charge in [0.1, 0.15) is 12.4 Å². The van der Waals surface area contributed by atoms with Gasteiger partial charge in [-0.05, 0) is 48.7 Å². The average Bonchev–Trinajstić information content (AvgIpc) is 2.66. The molecule has 1 N–H and O–H groups in total. The first kappa shape index (κ1) is 17.0. The molecule has 5 heteroatoms. The van der Waals surface area contributed by atoms with E-state index >= 15 is 0 Å². The summed E-state index contributed by atoms with van der Waals surface area (Å²) in [4.78, 5) is 24.2. The maximum Gasteiger partial charge on any atom is 0.338 e. The molecule has 3 rings (SSSR count). The van der Waals surface area contributed by atoms with Crippen LogP contribution in [0.15, 0.2) is 48.5 Å². The van der Waals surface area contributed by atoms with Crippen molar-refractivity contribution in [2.75, 3.05) is 18.5 Å². The Labute approximate surface area is 147 Å². The van der Waals surface area contributed by atoms with Crippen molar-refractivity contribution in [3.05, 3.63) is 59.7 Å². The number of benzene rings is 2. The Morgan fingerprint density at radius 3 is 2.68 bits per heavy atom. The normalized spacial score (nSPS) is 15.6. The van der Waals surface area contributed by atoms with Crippen LogP contribution in [-0.2, 0) is 16.0 Å². The number of anilines is 1. The second-order valence-electron chi connectivity index (χ2n) is 6.02. The van der Waals surface area contributed by atoms with Gasteiger partial charge in [-0.1, -0.05) is 25.1 Å². The molecular formula is C20H21NO4. The summed E-state index contributed by atoms with van der Waals surface area (Å²) >= 11 is 0. The number of esters is 1. The summed E-state index contributed by atoms with van der Waals surface area (Å²) in [6.45, 7) is 2.71. The van der Waals surface area contributed by atoms with Crippen LogP contribution in [-0.4, -0.2) is 25.1 Å². The largest absolute Gasteiger partial charge is 0.492 e. The van der Waals surface area contributed by atoms with E-state index in [-0.39, 0.29) is 17.8 Å². The van der Waals surface area contributed by atoms with Gasteiger partial charge in [-0.25, -0.2) is 4.79 Å². The van der Waals surface area contributed by atoms with E-state index in [4.69, 9.17) is 9.47 Å². The van der Waals surface area contributed by atoms with Gasteiger partial charge in [0.25, 0.3) is 0 Å². The fraction of sp³-hybridized carbons (Fsp3) is 0.300. The number of carbonyl (C=O) groups is 2. The van der Waals surface area contributed by atoms with E-state index < -0.39 is 0 Å². The summed E-state index contributed by atoms with van der Waals surface area (Å²) in [5.74, 6) is 0.179. The summed E-state index contributed by atoms with van der Waals surface area (Å²) in [6.07, 6.45) is 1.44. The molecule has 0 aromatic heterocycles. The molecule has 25 heavy (non-hydrogen) atoms. The predicted octanol–water partition coefficient (Wildman–Crippen LogP) is 3.44. The molecule has 0 aliphatic carbocycles. The Kier molecular flexibility index (Phi) is 5.33. The Morgan fingerprint density at radius 1 is 1.16 bits per heavy atom. The zero-order valence-corrected chi connectivity index (χ0v) is 14.2. The molecule has 0 radical (unpaired) electrons. The number of nitrogens with one attached hydrogen (secondary N) is 1. The van der Waals surface area contributed by atoms with Crippen LogP contribution < -0.4 is 10.1 Å². The molecule has 0 fully saturated rings. The van der Waals surface area contributed by atoms with Crippen molar-refractivity contribution < 1.29 is 19.1 Å². The molecule has 1 aliphatic heterocycles. The van der Waals surface area contributed by atoms with Gasteiger partial charge in [-0.15, -0.1) is 0 Å². The summed E-state index contributed by atoms with van der Waals surface area (Å²) in [5, 5.41) is 2.88. The molecule has 130 valence electrons. The molecule has 0 saturated carbocycles. The molecule has 1 heterocycles. The van der Waals surface area contributed by atoms with Gasteiger partial charge in [0.2, 0.25) is 5.91 Å². The minimum Gasteiger partial charge on any atom is -0.492 e. The zero-order valence-electron chi connectivity index (χ0n) is 14.2. The van der Waals surface area contributed by atoms with Crippen LogP contribution in [0.4, 0.5) is 5.69 Å². The predicted molar refractivity (Wildman–Crippen MR) is 94.8 cm³/mol. The Balaban J connectivity index is 1.59. The molecule has 1 amide bonds. The highest BCUT2D eigenvalue weighted by Crippen LogP contribution is 2.27. The molecule has 5 nitrogen and oxygen atoms in total. The van der Waals surface area contributed by atoms with Crippen molar-refractivity contribution in [2.24, 2.45) is 5.92 Å². The number of hydrogen-bond donors (Lipinski definition) is 1. The number of ether oxygens (including phenoxy) is 2. The first-order valence-electron chi connectivity index (χ1n) is 8.46. The summed E-state index contributed by atoms with van der Waals surface area (Å²) in [5.41, 5.74) is 2.17. The Hall–Kier alpha value is -2.82. The zero-order chi connectivity index (χ0) is 17.6. The van der Waals surface area contributed by atoms with Crippen LogP contribution >= 0.6 is 0 Å². The molecule has 0 saturated heterocycles. The fourth-order valence-corrected chi connectivity index (χ4v) is 2.71. The standard InChI is InChI=1S/C20H21NO4/c1-2-11-24-20(23)14-7-9-17(10-8-14)21-19(22)16-12-15-5-3-4-6-18(15)25-13-16/h3-10,16H,2,11-13H2,1H3,(H,21,22). The summed E-state index contributed by atoms with van der Waals surface area (Å²) < 4.78 is 10.7. The summed E-state index contributed by atoms with van der Waals surface area (Å²) in [7, 11) is 0. The minimum atomic E-state index is -0.350. The van der Waals surface area contributed by atoms with E-state index in [0.29, 0.717) is 30.9 Å². The van der Waals surface area contributed by atoms with Gasteiger partial charge in [0, 0.05) is 5.69 Å². The number of rotatable bonds is 5. The lowest BCUT2D eigenvalue weighted by Gasteiger charge is -2.24. The SMILES string of the molecule is CCCOC(=O)c1ccc(NC(=O)C2COc3ccccc3C2)cc1. The van der Waals surface area contributed by atoms with Crippen molar-refractivity contribution in [3.8, 4) is 5.75 Å². The van der Waals surface area contributed by atoms with Crippen LogP contribution in [0.2, 0.25) is 0 Å². The molecule has 2 aromatic carbocycles. The van der Waals surface area contributed by atoms with Gasteiger partial charge >= 0.3 is 5.97 Å². The Bertz CT molecular complexity index is 755. The van der Waals surface area contributed by atoms with E-state index in [1.165, 1.54) is 0 Å². The van der Waals surface area contributed by atoms with Crippen LogP contribution in [0, 0.1) is 5.92 Å². The number of fused-ring (bicyclic) bond motifs is 1. The second kappa shape index (κ2) is 7.83. The first-order valence-corrected chi connectivity index (χ1v) is 8.46. The molecule has 1 atom stereocenters. The number of hydrogen-bond acceptors (Lipinski definition) is 4. The lowest BCUT2D eigenvalue weighted by atomic mass is 9.96. The highest BCUT2D eigenvalue weighted by Gasteiger charge is 2.25. The highest BCUT2D eigenvalue weighted by molar-refractivity contribution is 5.94. The van der Waals surface area contributed by atoms with Crippen LogP contribution in [0.1, 0.15) is 29.3 Å². The number of carbonyl (C=O) groups excluding carboxylic acids is 2. The molecule has 2 aromatic rings. The second-order valence-corrected chi connectivity index (χ2v) is 6.02. The van der Waals surface area contributed by atoms with Gasteiger partial charge in [0.05, 0.1) is 18.1 Å². The van der Waals surface area contributed by atoms with E-state index in [9.17, 15) is 9.59 Å². The maximum absolute atomic E-state index is 12.5. The van der Waals surface area contributed by atoms with Gasteiger partial charge < -0.3 is 14.8 Å². The third-order valence-corrected chi connectivity index (χ3v) is 4.08. The molecule has 1 aliphatic rings. The maximum atomic E-state index is 12.5. The third kappa shape index (κ3) is 4.18. The van der Waals surface area contributed by atoms with Crippen molar-refractivity contribution in [1.82, 2.24) is 0 Å². The molecule has 0 spiro atoms. The monoisotopic (exact) mass is 339 g/mol. The fourth-order valence-electron chi connectivity index (χ4n) is 2.71. The topological polar surface area (TPSA) is 64.6 Å². The van der Waals surface area contributed by atoms with Gasteiger partial charge in [-0.3, -0.25) is 4.79 Å².